The van der Waals surface area contributed by atoms with Gasteiger partial charge in [-0.3, -0.25) is 0 Å². The Bertz CT molecular complexity index is 270. The molecule has 0 fully saturated rings. The molecule has 0 saturated carbocycles. The maximum absolute atomic E-state index is 5.60. The van der Waals surface area contributed by atoms with Crippen LogP contribution in [-0.2, 0) is 17.9 Å². The molecular weight excluding hydrogens is 206 g/mol. The molecule has 0 aliphatic rings. The number of nitrogens with two attached hydrogens (primary N) is 1. The van der Waals surface area contributed by atoms with E-state index in [0.29, 0.717) is 6.54 Å². The fourth-order valence-corrected chi connectivity index (χ4v) is 2.21. The number of hydrogen-bond acceptors (Lipinski definition) is 3. The Labute approximate surface area is 96.4 Å². The molecule has 0 aliphatic heterocycles. The maximum Gasteiger partial charge on any atom is 0.0809 e. The lowest BCUT2D eigenvalue weighted by atomic mass is 10.1. The Morgan fingerprint density at radius 2 is 2.07 bits per heavy atom. The zero-order valence-electron chi connectivity index (χ0n) is 9.66. The average Bonchev–Trinajstić information content (AvgIpc) is 2.65. The summed E-state index contributed by atoms with van der Waals surface area (Å²) in [4.78, 5) is 2.51. The van der Waals surface area contributed by atoms with Gasteiger partial charge in [0.1, 0.15) is 0 Å². The first-order valence-electron chi connectivity index (χ1n) is 5.57. The third-order valence-electron chi connectivity index (χ3n) is 2.23. The second-order valence-electron chi connectivity index (χ2n) is 4.16. The lowest BCUT2D eigenvalue weighted by Crippen LogP contribution is -1.96. The molecule has 86 valence electrons. The van der Waals surface area contributed by atoms with Crippen LogP contribution in [0.4, 0.5) is 0 Å². The van der Waals surface area contributed by atoms with Crippen molar-refractivity contribution in [1.82, 2.24) is 0 Å². The van der Waals surface area contributed by atoms with Crippen LogP contribution in [0.5, 0.6) is 0 Å². The van der Waals surface area contributed by atoms with Crippen LogP contribution in [0.3, 0.4) is 0 Å². The minimum absolute atomic E-state index is 0.637. The second kappa shape index (κ2) is 6.99. The third kappa shape index (κ3) is 5.30. The monoisotopic (exact) mass is 227 g/mol. The number of hydrogen-bond donors (Lipinski definition) is 1. The molecular formula is C12H21NOS. The lowest BCUT2D eigenvalue weighted by Gasteiger charge is -2.04. The summed E-state index contributed by atoms with van der Waals surface area (Å²) in [5.41, 5.74) is 5.54. The quantitative estimate of drug-likeness (QED) is 0.726. The summed E-state index contributed by atoms with van der Waals surface area (Å²) in [5, 5.41) is 0. The molecule has 0 radical (unpaired) electrons. The van der Waals surface area contributed by atoms with Crippen molar-refractivity contribution in [1.29, 1.82) is 0 Å². The van der Waals surface area contributed by atoms with Gasteiger partial charge < -0.3 is 10.5 Å². The van der Waals surface area contributed by atoms with Crippen molar-refractivity contribution >= 4 is 11.3 Å². The van der Waals surface area contributed by atoms with Gasteiger partial charge in [0.2, 0.25) is 0 Å². The van der Waals surface area contributed by atoms with E-state index in [0.717, 1.165) is 25.6 Å². The summed E-state index contributed by atoms with van der Waals surface area (Å²) >= 11 is 1.75. The maximum atomic E-state index is 5.60. The van der Waals surface area contributed by atoms with E-state index in [4.69, 9.17) is 10.5 Å². The smallest absolute Gasteiger partial charge is 0.0809 e. The lowest BCUT2D eigenvalue weighted by molar-refractivity contribution is 0.117. The van der Waals surface area contributed by atoms with Gasteiger partial charge in [0.25, 0.3) is 0 Å². The van der Waals surface area contributed by atoms with Gasteiger partial charge >= 0.3 is 0 Å². The van der Waals surface area contributed by atoms with Gasteiger partial charge in [0, 0.05) is 22.9 Å². The van der Waals surface area contributed by atoms with Crippen molar-refractivity contribution in [2.24, 2.45) is 11.7 Å². The van der Waals surface area contributed by atoms with Crippen molar-refractivity contribution in [2.45, 2.75) is 39.8 Å². The van der Waals surface area contributed by atoms with E-state index >= 15 is 0 Å². The Morgan fingerprint density at radius 3 is 2.67 bits per heavy atom. The van der Waals surface area contributed by atoms with Gasteiger partial charge in [-0.2, -0.15) is 0 Å². The first-order valence-corrected chi connectivity index (χ1v) is 6.39. The van der Waals surface area contributed by atoms with Crippen molar-refractivity contribution in [3.05, 3.63) is 21.9 Å². The summed E-state index contributed by atoms with van der Waals surface area (Å²) in [6.45, 7) is 6.73. The molecule has 0 spiro atoms. The van der Waals surface area contributed by atoms with Crippen molar-refractivity contribution < 1.29 is 4.74 Å². The van der Waals surface area contributed by atoms with Crippen molar-refractivity contribution in [2.75, 3.05) is 6.61 Å². The van der Waals surface area contributed by atoms with E-state index in [1.807, 2.05) is 0 Å². The molecule has 1 aromatic heterocycles. The van der Waals surface area contributed by atoms with E-state index in [1.54, 1.807) is 11.3 Å². The highest BCUT2D eigenvalue weighted by Gasteiger charge is 1.99. The zero-order valence-corrected chi connectivity index (χ0v) is 10.5. The molecule has 1 rings (SSSR count). The molecule has 0 aliphatic carbocycles. The molecule has 15 heavy (non-hydrogen) atoms. The van der Waals surface area contributed by atoms with Crippen LogP contribution in [-0.4, -0.2) is 6.61 Å². The fraction of sp³-hybridized carbons (Fsp3) is 0.667. The van der Waals surface area contributed by atoms with E-state index in [2.05, 4.69) is 26.0 Å². The van der Waals surface area contributed by atoms with Gasteiger partial charge in [0.05, 0.1) is 6.61 Å². The SMILES string of the molecule is CC(C)CCCOCc1ccc(CN)s1. The molecule has 2 nitrogen and oxygen atoms in total. The topological polar surface area (TPSA) is 35.2 Å². The minimum atomic E-state index is 0.637. The molecule has 0 unspecified atom stereocenters. The Balaban J connectivity index is 2.09. The molecule has 0 bridgehead atoms. The normalized spacial score (nSPS) is 11.2. The molecule has 1 heterocycles. The molecule has 0 amide bonds. The number of thiophene rings is 1. The van der Waals surface area contributed by atoms with Crippen LogP contribution in [0.2, 0.25) is 0 Å². The van der Waals surface area contributed by atoms with Gasteiger partial charge in [-0.15, -0.1) is 11.3 Å². The Hall–Kier alpha value is -0.380. The van der Waals surface area contributed by atoms with Crippen molar-refractivity contribution in [3.8, 4) is 0 Å². The van der Waals surface area contributed by atoms with Crippen LogP contribution in [0.25, 0.3) is 0 Å². The van der Waals surface area contributed by atoms with Crippen LogP contribution in [0, 0.1) is 5.92 Å². The minimum Gasteiger partial charge on any atom is -0.376 e. The average molecular weight is 227 g/mol. The zero-order chi connectivity index (χ0) is 11.1. The van der Waals surface area contributed by atoms with Gasteiger partial charge in [-0.25, -0.2) is 0 Å². The summed E-state index contributed by atoms with van der Waals surface area (Å²) in [7, 11) is 0. The number of rotatable bonds is 7. The van der Waals surface area contributed by atoms with Crippen LogP contribution in [0.15, 0.2) is 12.1 Å². The van der Waals surface area contributed by atoms with E-state index in [1.165, 1.54) is 16.2 Å². The fourth-order valence-electron chi connectivity index (χ4n) is 1.38. The number of ether oxygens (including phenoxy) is 1. The highest BCUT2D eigenvalue weighted by atomic mass is 32.1. The predicted octanol–water partition coefficient (Wildman–Crippen LogP) is 3.16. The van der Waals surface area contributed by atoms with Crippen molar-refractivity contribution in [3.63, 3.8) is 0 Å². The molecule has 0 atom stereocenters. The van der Waals surface area contributed by atoms with Gasteiger partial charge in [-0.1, -0.05) is 13.8 Å². The largest absolute Gasteiger partial charge is 0.376 e. The van der Waals surface area contributed by atoms with Crippen LogP contribution < -0.4 is 5.73 Å². The predicted molar refractivity (Wildman–Crippen MR) is 65.9 cm³/mol. The summed E-state index contributed by atoms with van der Waals surface area (Å²) < 4.78 is 5.60. The Kier molecular flexibility index (Phi) is 5.91. The highest BCUT2D eigenvalue weighted by Crippen LogP contribution is 2.16. The molecule has 2 N–H and O–H groups in total. The summed E-state index contributed by atoms with van der Waals surface area (Å²) in [6.07, 6.45) is 2.41. The van der Waals surface area contributed by atoms with E-state index < -0.39 is 0 Å². The van der Waals surface area contributed by atoms with Crippen LogP contribution in [0.1, 0.15) is 36.4 Å². The second-order valence-corrected chi connectivity index (χ2v) is 5.41. The first-order chi connectivity index (χ1) is 7.22. The van der Waals surface area contributed by atoms with Crippen LogP contribution >= 0.6 is 11.3 Å². The summed E-state index contributed by atoms with van der Waals surface area (Å²) in [5.74, 6) is 0.777. The van der Waals surface area contributed by atoms with E-state index in [-0.39, 0.29) is 0 Å². The molecule has 0 aromatic carbocycles. The third-order valence-corrected chi connectivity index (χ3v) is 3.31. The van der Waals surface area contributed by atoms with Gasteiger partial charge in [0.15, 0.2) is 0 Å². The molecule has 0 saturated heterocycles. The molecule has 1 aromatic rings. The molecule has 3 heteroatoms. The summed E-state index contributed by atoms with van der Waals surface area (Å²) in [6, 6.07) is 4.19. The Morgan fingerprint density at radius 1 is 1.33 bits per heavy atom. The first kappa shape index (κ1) is 12.7. The van der Waals surface area contributed by atoms with E-state index in [9.17, 15) is 0 Å². The standard InChI is InChI=1S/C12H21NOS/c1-10(2)4-3-7-14-9-12-6-5-11(8-13)15-12/h5-6,10H,3-4,7-9,13H2,1-2H3. The van der Waals surface area contributed by atoms with Gasteiger partial charge in [-0.05, 0) is 30.9 Å². The highest BCUT2D eigenvalue weighted by molar-refractivity contribution is 7.11.